The van der Waals surface area contributed by atoms with Gasteiger partial charge in [0.1, 0.15) is 6.10 Å². The van der Waals surface area contributed by atoms with Crippen molar-refractivity contribution >= 4 is 30.2 Å². The summed E-state index contributed by atoms with van der Waals surface area (Å²) in [4.78, 5) is 26.2. The first kappa shape index (κ1) is 35.1. The van der Waals surface area contributed by atoms with E-state index in [4.69, 9.17) is 18.1 Å². The van der Waals surface area contributed by atoms with Crippen LogP contribution >= 0.6 is 0 Å². The number of aryl methyl sites for hydroxylation is 1. The first-order valence-electron chi connectivity index (χ1n) is 14.5. The van der Waals surface area contributed by atoms with Crippen molar-refractivity contribution in [3.63, 3.8) is 0 Å². The Morgan fingerprint density at radius 1 is 1.02 bits per heavy atom. The third-order valence-electron chi connectivity index (χ3n) is 8.75. The second kappa shape index (κ2) is 14.1. The van der Waals surface area contributed by atoms with Crippen LogP contribution < -0.4 is 0 Å². The van der Waals surface area contributed by atoms with E-state index in [1.54, 1.807) is 12.1 Å². The molecule has 0 aliphatic heterocycles. The van der Waals surface area contributed by atoms with E-state index in [1.165, 1.54) is 26.2 Å². The highest BCUT2D eigenvalue weighted by molar-refractivity contribution is 7.86. The second-order valence-electron chi connectivity index (χ2n) is 12.9. The molecule has 0 spiro atoms. The van der Waals surface area contributed by atoms with E-state index in [1.807, 2.05) is 50.3 Å². The molecule has 0 radical (unpaired) electrons. The number of hydrogen-bond acceptors (Lipinski definition) is 8. The number of carbonyl (C=O) groups is 2. The molecule has 2 aromatic carbocycles. The molecule has 1 N–H and O–H groups in total. The summed E-state index contributed by atoms with van der Waals surface area (Å²) in [5, 5.41) is 10.4. The van der Waals surface area contributed by atoms with Crippen LogP contribution in [-0.2, 0) is 44.4 Å². The van der Waals surface area contributed by atoms with Crippen molar-refractivity contribution in [2.75, 3.05) is 13.7 Å². The number of carbonyl (C=O) groups excluding carboxylic acids is 1. The Labute approximate surface area is 257 Å². The lowest BCUT2D eigenvalue weighted by Crippen LogP contribution is -2.59. The van der Waals surface area contributed by atoms with Crippen LogP contribution in [0.25, 0.3) is 0 Å². The van der Waals surface area contributed by atoms with E-state index in [-0.39, 0.29) is 29.6 Å². The first-order chi connectivity index (χ1) is 20.0. The van der Waals surface area contributed by atoms with Crippen molar-refractivity contribution in [1.82, 2.24) is 0 Å². The molecule has 0 bridgehead atoms. The maximum Gasteiger partial charge on any atom is 0.309 e. The first-order valence-corrected chi connectivity index (χ1v) is 18.9. The maximum atomic E-state index is 13.5. The fourth-order valence-corrected chi connectivity index (χ4v) is 7.88. The van der Waals surface area contributed by atoms with E-state index >= 15 is 0 Å². The van der Waals surface area contributed by atoms with E-state index in [0.29, 0.717) is 0 Å². The predicted octanol–water partition coefficient (Wildman–Crippen LogP) is 5.62. The Bertz CT molecular complexity index is 1340. The predicted molar refractivity (Wildman–Crippen MR) is 166 cm³/mol. The van der Waals surface area contributed by atoms with Gasteiger partial charge in [-0.15, -0.1) is 0 Å². The Morgan fingerprint density at radius 2 is 1.63 bits per heavy atom. The summed E-state index contributed by atoms with van der Waals surface area (Å²) >= 11 is 0. The van der Waals surface area contributed by atoms with Crippen LogP contribution in [0.3, 0.4) is 0 Å². The van der Waals surface area contributed by atoms with Crippen molar-refractivity contribution in [3.8, 4) is 0 Å². The number of ketones is 1. The summed E-state index contributed by atoms with van der Waals surface area (Å²) in [7, 11) is -5.48. The number of aliphatic carboxylic acids is 1. The van der Waals surface area contributed by atoms with E-state index in [2.05, 4.69) is 20.8 Å². The van der Waals surface area contributed by atoms with Gasteiger partial charge < -0.3 is 19.0 Å². The number of benzene rings is 2. The molecule has 1 aliphatic carbocycles. The zero-order valence-electron chi connectivity index (χ0n) is 26.4. The second-order valence-corrected chi connectivity index (χ2v) is 19.3. The van der Waals surface area contributed by atoms with Crippen molar-refractivity contribution in [2.24, 2.45) is 17.8 Å². The van der Waals surface area contributed by atoms with Crippen LogP contribution in [-0.4, -0.2) is 65.6 Å². The molecule has 0 aromatic heterocycles. The smallest absolute Gasteiger partial charge is 0.309 e. The maximum absolute atomic E-state index is 13.5. The quantitative estimate of drug-likeness (QED) is 0.221. The molecule has 1 saturated carbocycles. The molecule has 0 unspecified atom stereocenters. The molecule has 6 atom stereocenters. The highest BCUT2D eigenvalue weighted by Crippen LogP contribution is 2.46. The molecule has 3 rings (SSSR count). The molecule has 0 heterocycles. The van der Waals surface area contributed by atoms with Gasteiger partial charge in [-0.25, -0.2) is 0 Å². The van der Waals surface area contributed by atoms with Gasteiger partial charge in [0.2, 0.25) is 0 Å². The topological polar surface area (TPSA) is 125 Å². The Balaban J connectivity index is 2.13. The van der Waals surface area contributed by atoms with E-state index in [0.717, 1.165) is 11.1 Å². The summed E-state index contributed by atoms with van der Waals surface area (Å²) in [5.41, 5.74) is 1.77. The number of methoxy groups -OCH3 is 1. The van der Waals surface area contributed by atoms with Crippen molar-refractivity contribution < 1.29 is 41.2 Å². The fraction of sp³-hybridized carbons (Fsp3) is 0.562. The minimum atomic E-state index is -4.43. The van der Waals surface area contributed by atoms with Gasteiger partial charge in [-0.1, -0.05) is 68.8 Å². The Kier molecular flexibility index (Phi) is 11.5. The van der Waals surface area contributed by atoms with Gasteiger partial charge in [0.15, 0.2) is 14.1 Å². The number of carboxylic acids is 1. The standard InChI is InChI=1S/C32H46O9SSi/c1-21-14-16-24(17-15-21)42(36,37)40-30(22(2)33)28-25(20-38-6)26(39-19-23-12-10-9-11-13-23)18-27(29(28)31(34)35)41-43(7,8)32(3,4)5/h9-17,25-30H,18-20H2,1-8H3,(H,34,35)/t25-,26+,27-,28+,29+,30+/m1/s1. The minimum Gasteiger partial charge on any atom is -0.481 e. The summed E-state index contributed by atoms with van der Waals surface area (Å²) < 4.78 is 51.3. The van der Waals surface area contributed by atoms with Gasteiger partial charge in [-0.2, -0.15) is 8.42 Å². The van der Waals surface area contributed by atoms with Gasteiger partial charge in [0, 0.05) is 18.9 Å². The normalized spacial score (nSPS) is 24.0. The van der Waals surface area contributed by atoms with E-state index < -0.39 is 66.3 Å². The molecule has 2 aromatic rings. The van der Waals surface area contributed by atoms with Gasteiger partial charge in [0.25, 0.3) is 10.1 Å². The van der Waals surface area contributed by atoms with Crippen molar-refractivity contribution in [2.45, 2.75) is 89.0 Å². The molecule has 238 valence electrons. The molecule has 1 fully saturated rings. The Morgan fingerprint density at radius 3 is 2.14 bits per heavy atom. The van der Waals surface area contributed by atoms with Gasteiger partial charge >= 0.3 is 5.97 Å². The largest absolute Gasteiger partial charge is 0.481 e. The summed E-state index contributed by atoms with van der Waals surface area (Å²) in [6.45, 7) is 13.5. The van der Waals surface area contributed by atoms with Gasteiger partial charge in [-0.3, -0.25) is 13.8 Å². The zero-order chi connectivity index (χ0) is 32.2. The molecule has 1 aliphatic rings. The third-order valence-corrected chi connectivity index (χ3v) is 14.6. The van der Waals surface area contributed by atoms with Crippen LogP contribution in [0.1, 0.15) is 45.2 Å². The summed E-state index contributed by atoms with van der Waals surface area (Å²) in [6.07, 6.45) is -2.84. The zero-order valence-corrected chi connectivity index (χ0v) is 28.2. The van der Waals surface area contributed by atoms with Gasteiger partial charge in [-0.05, 0) is 56.1 Å². The highest BCUT2D eigenvalue weighted by Gasteiger charge is 2.56. The molecule has 0 amide bonds. The lowest BCUT2D eigenvalue weighted by atomic mass is 9.66. The molecule has 11 heteroatoms. The van der Waals surface area contributed by atoms with Crippen LogP contribution in [0.15, 0.2) is 59.5 Å². The molecule has 9 nitrogen and oxygen atoms in total. The SMILES string of the molecule is COC[C@H]1[C@H]([C@@H](OS(=O)(=O)c2ccc(C)cc2)C(C)=O)[C@@H](C(=O)O)[C@H](O[Si](C)(C)C(C)(C)C)C[C@@H]1OCc1ccccc1. The average molecular weight is 635 g/mol. The Hall–Kier alpha value is -2.41. The van der Waals surface area contributed by atoms with Crippen LogP contribution in [0.4, 0.5) is 0 Å². The molecule has 43 heavy (non-hydrogen) atoms. The van der Waals surface area contributed by atoms with Crippen molar-refractivity contribution in [1.29, 1.82) is 0 Å². The van der Waals surface area contributed by atoms with Crippen LogP contribution in [0, 0.1) is 24.7 Å². The summed E-state index contributed by atoms with van der Waals surface area (Å²) in [5.74, 6) is -4.87. The lowest BCUT2D eigenvalue weighted by Gasteiger charge is -2.50. The monoisotopic (exact) mass is 634 g/mol. The van der Waals surface area contributed by atoms with Crippen LogP contribution in [0.5, 0.6) is 0 Å². The average Bonchev–Trinajstić information content (AvgIpc) is 2.91. The third kappa shape index (κ3) is 8.61. The number of hydrogen-bond donors (Lipinski definition) is 1. The van der Waals surface area contributed by atoms with Crippen molar-refractivity contribution in [3.05, 3.63) is 65.7 Å². The highest BCUT2D eigenvalue weighted by atomic mass is 32.2. The summed E-state index contributed by atoms with van der Waals surface area (Å²) in [6, 6.07) is 15.6. The minimum absolute atomic E-state index is 0.0262. The fourth-order valence-electron chi connectivity index (χ4n) is 5.41. The number of rotatable bonds is 13. The van der Waals surface area contributed by atoms with E-state index in [9.17, 15) is 23.1 Å². The molecule has 0 saturated heterocycles. The lowest BCUT2D eigenvalue weighted by molar-refractivity contribution is -0.174. The van der Waals surface area contributed by atoms with Crippen LogP contribution in [0.2, 0.25) is 18.1 Å². The number of ether oxygens (including phenoxy) is 2. The molecular formula is C32H46O9SSi. The number of carboxylic acid groups (broad SMARTS) is 1. The number of Topliss-reactive ketones (excluding diaryl/α,β-unsaturated/α-hetero) is 1. The van der Waals surface area contributed by atoms with Gasteiger partial charge in [0.05, 0.1) is 36.2 Å². The molecular weight excluding hydrogens is 588 g/mol.